The number of urea groups is 1. The minimum absolute atomic E-state index is 0.00351. The molecule has 0 bridgehead atoms. The summed E-state index contributed by atoms with van der Waals surface area (Å²) in [5.74, 6) is -2.27. The average Bonchev–Trinajstić information content (AvgIpc) is 3.61. The predicted molar refractivity (Wildman–Crippen MR) is 227 cm³/mol. The van der Waals surface area contributed by atoms with Crippen LogP contribution in [0.4, 0.5) is 9.18 Å². The van der Waals surface area contributed by atoms with Crippen molar-refractivity contribution in [2.45, 2.75) is 144 Å². The summed E-state index contributed by atoms with van der Waals surface area (Å²) in [6, 6.07) is 11.3. The first-order valence-corrected chi connectivity index (χ1v) is 23.6. The first kappa shape index (κ1) is 41.3. The van der Waals surface area contributed by atoms with Gasteiger partial charge in [0.15, 0.2) is 0 Å². The minimum Gasteiger partial charge on any atom is -0.483 e. The van der Waals surface area contributed by atoms with Gasteiger partial charge in [0.2, 0.25) is 21.8 Å². The molecule has 0 radical (unpaired) electrons. The number of carbonyl (C=O) groups excluding carboxylic acids is 4. The zero-order chi connectivity index (χ0) is 42.6. The van der Waals surface area contributed by atoms with E-state index < -0.39 is 73.5 Å². The highest BCUT2D eigenvalue weighted by Gasteiger charge is 2.59. The monoisotopic (exact) mass is 854 g/mol. The van der Waals surface area contributed by atoms with E-state index in [0.29, 0.717) is 68.4 Å². The Morgan fingerprint density at radius 1 is 0.934 bits per heavy atom. The fraction of sp³-hybridized carbons (Fsp3) is 0.543. The van der Waals surface area contributed by atoms with E-state index in [4.69, 9.17) is 9.72 Å². The molecule has 324 valence electrons. The van der Waals surface area contributed by atoms with E-state index in [9.17, 15) is 22.4 Å². The van der Waals surface area contributed by atoms with Crippen LogP contribution in [0.15, 0.2) is 60.7 Å². The van der Waals surface area contributed by atoms with Crippen LogP contribution in [-0.2, 0) is 30.8 Å². The minimum atomic E-state index is -4.03. The maximum Gasteiger partial charge on any atom is 0.315 e. The summed E-state index contributed by atoms with van der Waals surface area (Å²) in [4.78, 5) is 64.3. The number of fused-ring (bicyclic) bond motifs is 5. The molecule has 3 aliphatic heterocycles. The Labute approximate surface area is 356 Å². The third-order valence-corrected chi connectivity index (χ3v) is 16.4. The number of nitrogens with one attached hydrogen (secondary N) is 4. The number of aryl methyl sites for hydroxylation is 1. The highest BCUT2D eigenvalue weighted by atomic mass is 32.2. The lowest BCUT2D eigenvalue weighted by Crippen LogP contribution is -2.70. The number of rotatable bonds is 6. The van der Waals surface area contributed by atoms with Gasteiger partial charge in [0.05, 0.1) is 16.8 Å². The van der Waals surface area contributed by atoms with Crippen molar-refractivity contribution in [3.05, 3.63) is 72.1 Å². The van der Waals surface area contributed by atoms with Crippen molar-refractivity contribution in [1.82, 2.24) is 30.6 Å². The van der Waals surface area contributed by atoms with Gasteiger partial charge >= 0.3 is 6.03 Å². The van der Waals surface area contributed by atoms with Crippen LogP contribution in [0.3, 0.4) is 0 Å². The van der Waals surface area contributed by atoms with Gasteiger partial charge in [-0.1, -0.05) is 68.2 Å². The van der Waals surface area contributed by atoms with E-state index in [1.807, 2.05) is 36.4 Å². The molecule has 6 aliphatic rings. The molecule has 4 heterocycles. The summed E-state index contributed by atoms with van der Waals surface area (Å²) in [5, 5.41) is 9.93. The summed E-state index contributed by atoms with van der Waals surface area (Å²) in [6.07, 6.45) is 13.6. The molecule has 3 aliphatic carbocycles. The van der Waals surface area contributed by atoms with Gasteiger partial charge in [-0.15, -0.1) is 0 Å². The molecule has 0 unspecified atom stereocenters. The second-order valence-electron chi connectivity index (χ2n) is 18.5. The van der Waals surface area contributed by atoms with E-state index >= 15 is 9.59 Å². The lowest BCUT2D eigenvalue weighted by atomic mass is 9.65. The summed E-state index contributed by atoms with van der Waals surface area (Å²) in [5.41, 5.74) is -0.0840. The van der Waals surface area contributed by atoms with Crippen molar-refractivity contribution in [2.75, 3.05) is 6.54 Å². The van der Waals surface area contributed by atoms with E-state index in [2.05, 4.69) is 20.7 Å². The van der Waals surface area contributed by atoms with Crippen molar-refractivity contribution in [2.24, 2.45) is 5.92 Å². The molecule has 4 fully saturated rings. The number of carbonyl (C=O) groups is 4. The smallest absolute Gasteiger partial charge is 0.315 e. The molecule has 9 rings (SSSR count). The molecular formula is C46H55FN6O7S. The van der Waals surface area contributed by atoms with E-state index in [0.717, 1.165) is 55.0 Å². The van der Waals surface area contributed by atoms with Gasteiger partial charge < -0.3 is 25.6 Å². The topological polar surface area (TPSA) is 176 Å². The van der Waals surface area contributed by atoms with Crippen molar-refractivity contribution in [1.29, 1.82) is 0 Å². The highest BCUT2D eigenvalue weighted by molar-refractivity contribution is 7.91. The number of hydrogen-bond donors (Lipinski definition) is 4. The first-order valence-electron chi connectivity index (χ1n) is 22.1. The zero-order valence-electron chi connectivity index (χ0n) is 34.6. The fourth-order valence-electron chi connectivity index (χ4n) is 10.1. The average molecular weight is 855 g/mol. The zero-order valence-corrected chi connectivity index (χ0v) is 35.5. The second-order valence-corrected chi connectivity index (χ2v) is 20.7. The molecule has 13 nitrogen and oxygen atoms in total. The SMILES string of the molecule is CC1(S(=O)(=O)NC(=O)[C@@]23CC[C@H]2/C=C\CCCCC[C@H](NC(=O)NC2CCCC2)C(=O)N2C[C@@]4(CCc5c(c(-c6cccc(F)c6)nc6ccccc56)O4)C[C@H]2C(=O)N3)CC1. The van der Waals surface area contributed by atoms with Crippen LogP contribution < -0.4 is 25.4 Å². The van der Waals surface area contributed by atoms with Crippen molar-refractivity contribution in [3.8, 4) is 17.0 Å². The number of allylic oxidation sites excluding steroid dienone is 1. The van der Waals surface area contributed by atoms with Gasteiger partial charge in [-0.25, -0.2) is 22.6 Å². The van der Waals surface area contributed by atoms with Gasteiger partial charge in [-0.2, -0.15) is 0 Å². The number of nitrogens with zero attached hydrogens (tertiary/aromatic N) is 2. The molecule has 5 amide bonds. The Balaban J connectivity index is 1.09. The summed E-state index contributed by atoms with van der Waals surface area (Å²) >= 11 is 0. The number of para-hydroxylation sites is 1. The van der Waals surface area contributed by atoms with Crippen LogP contribution in [0, 0.1) is 11.7 Å². The van der Waals surface area contributed by atoms with Gasteiger partial charge in [-0.3, -0.25) is 19.1 Å². The molecular weight excluding hydrogens is 800 g/mol. The number of hydrogen-bond acceptors (Lipinski definition) is 8. The van der Waals surface area contributed by atoms with Crippen LogP contribution in [0.25, 0.3) is 22.2 Å². The molecule has 4 N–H and O–H groups in total. The normalized spacial score (nSPS) is 29.4. The fourth-order valence-corrected chi connectivity index (χ4v) is 11.5. The van der Waals surface area contributed by atoms with Crippen molar-refractivity contribution >= 4 is 44.7 Å². The molecule has 1 spiro atoms. The maximum atomic E-state index is 15.1. The maximum absolute atomic E-state index is 15.1. The quantitative estimate of drug-likeness (QED) is 0.215. The molecule has 5 atom stereocenters. The van der Waals surface area contributed by atoms with Crippen LogP contribution in [0.1, 0.15) is 109 Å². The Hall–Kier alpha value is -5.05. The highest BCUT2D eigenvalue weighted by Crippen LogP contribution is 2.49. The molecule has 1 aromatic heterocycles. The van der Waals surface area contributed by atoms with Gasteiger partial charge in [0.1, 0.15) is 40.5 Å². The van der Waals surface area contributed by atoms with Crippen LogP contribution in [0.2, 0.25) is 0 Å². The Morgan fingerprint density at radius 2 is 1.72 bits per heavy atom. The summed E-state index contributed by atoms with van der Waals surface area (Å²) in [7, 11) is -4.03. The summed E-state index contributed by atoms with van der Waals surface area (Å²) in [6.45, 7) is 1.60. The Kier molecular flexibility index (Phi) is 10.8. The van der Waals surface area contributed by atoms with E-state index in [-0.39, 0.29) is 25.4 Å². The lowest BCUT2D eigenvalue weighted by molar-refractivity contribution is -0.144. The predicted octanol–water partition coefficient (Wildman–Crippen LogP) is 6.10. The number of amides is 5. The molecule has 61 heavy (non-hydrogen) atoms. The number of ether oxygens (including phenoxy) is 1. The number of pyridine rings is 1. The molecule has 2 aromatic carbocycles. The number of sulfonamides is 1. The Morgan fingerprint density at radius 3 is 2.48 bits per heavy atom. The lowest BCUT2D eigenvalue weighted by Gasteiger charge is -2.48. The van der Waals surface area contributed by atoms with E-state index in [1.54, 1.807) is 19.1 Å². The van der Waals surface area contributed by atoms with Crippen molar-refractivity contribution < 1.29 is 36.7 Å². The number of benzene rings is 2. The standard InChI is InChI=1S/C46H55FN6O7S/c1-44(24-25-44)61(58,59)52-42(56)46-23-20-30(46)13-5-3-2-4-6-19-36(50-43(57)48-32-15-7-8-16-32)41(55)53-28-45(27-37(53)40(54)51-46)22-21-34-33-17-9-10-18-35(33)49-38(39(34)60-45)29-12-11-14-31(47)26-29/h5,9-14,17-18,26,30,32,36-37H,2-4,6-8,15-16,19-25,27-28H2,1H3,(H,51,54)(H,52,56)(H2,48,50,57)/b13-5-/t30-,36+,37+,45-,46-/m1/s1. The van der Waals surface area contributed by atoms with Crippen LogP contribution in [-0.4, -0.2) is 82.6 Å². The van der Waals surface area contributed by atoms with E-state index in [1.165, 1.54) is 17.0 Å². The molecule has 3 aromatic rings. The van der Waals surface area contributed by atoms with Gasteiger partial charge in [0.25, 0.3) is 5.91 Å². The number of halogens is 1. The Bertz CT molecular complexity index is 2400. The van der Waals surface area contributed by atoms with Gasteiger partial charge in [-0.05, 0) is 95.8 Å². The van der Waals surface area contributed by atoms with Crippen LogP contribution in [0.5, 0.6) is 5.75 Å². The largest absolute Gasteiger partial charge is 0.483 e. The van der Waals surface area contributed by atoms with Crippen molar-refractivity contribution in [3.63, 3.8) is 0 Å². The molecule has 1 saturated heterocycles. The first-order chi connectivity index (χ1) is 29.3. The third-order valence-electron chi connectivity index (χ3n) is 14.3. The van der Waals surface area contributed by atoms with Crippen LogP contribution >= 0.6 is 0 Å². The molecule has 3 saturated carbocycles. The second kappa shape index (κ2) is 16.0. The summed E-state index contributed by atoms with van der Waals surface area (Å²) < 4.78 is 49.9. The number of aromatic nitrogens is 1. The molecule has 15 heteroatoms. The third kappa shape index (κ3) is 7.87. The van der Waals surface area contributed by atoms with Gasteiger partial charge in [0, 0.05) is 34.9 Å².